The first-order valence-corrected chi connectivity index (χ1v) is 12.5. The Hall–Kier alpha value is -3.83. The van der Waals surface area contributed by atoms with E-state index in [1.807, 2.05) is 30.3 Å². The Kier molecular flexibility index (Phi) is 10.3. The number of hydrogen-bond donors (Lipinski definition) is 2. The van der Waals surface area contributed by atoms with Gasteiger partial charge in [0, 0.05) is 42.6 Å². The maximum Gasteiger partial charge on any atom is 0.406 e. The van der Waals surface area contributed by atoms with Gasteiger partial charge in [0.05, 0.1) is 17.9 Å². The standard InChI is InChI=1S/C30H35F3N4O/c1-5-23(3)38-20-19-36-17-14-26(15-18-36)35-24(4)28-21-27(37(29(28)6-2)22-30(31,32)33)13-10-16-34-25-11-8-7-9-12-25/h5-9,11-12,21,26,34-35H,1-4,14-20,22H2. The van der Waals surface area contributed by atoms with E-state index in [2.05, 4.69) is 53.7 Å². The van der Waals surface area contributed by atoms with Gasteiger partial charge in [-0.25, -0.2) is 0 Å². The first kappa shape index (κ1) is 28.7. The lowest BCUT2D eigenvalue weighted by Crippen LogP contribution is -2.42. The molecule has 0 atom stereocenters. The molecule has 38 heavy (non-hydrogen) atoms. The average molecular weight is 525 g/mol. The molecule has 1 fully saturated rings. The van der Waals surface area contributed by atoms with E-state index in [1.54, 1.807) is 12.1 Å². The molecule has 0 spiro atoms. The Balaban J connectivity index is 1.67. The SMILES string of the molecule is C=CC(=C)OCCN1CCC(NC(=C)c2cc(C#CCNc3ccccc3)n(CC(F)(F)F)c2C=C)CC1. The van der Waals surface area contributed by atoms with Crippen LogP contribution in [0.25, 0.3) is 11.8 Å². The van der Waals surface area contributed by atoms with Crippen LogP contribution < -0.4 is 10.6 Å². The number of rotatable bonds is 12. The summed E-state index contributed by atoms with van der Waals surface area (Å²) in [5.41, 5.74) is 2.63. The van der Waals surface area contributed by atoms with Crippen LogP contribution in [-0.4, -0.2) is 54.5 Å². The number of likely N-dealkylation sites (tertiary alicyclic amines) is 1. The summed E-state index contributed by atoms with van der Waals surface area (Å²) >= 11 is 0. The number of nitrogens with zero attached hydrogens (tertiary/aromatic N) is 2. The number of aromatic nitrogens is 1. The number of hydrogen-bond acceptors (Lipinski definition) is 4. The summed E-state index contributed by atoms with van der Waals surface area (Å²) in [4.78, 5) is 2.31. The van der Waals surface area contributed by atoms with Crippen LogP contribution in [-0.2, 0) is 11.3 Å². The van der Waals surface area contributed by atoms with Crippen LogP contribution >= 0.6 is 0 Å². The molecule has 0 radical (unpaired) electrons. The van der Waals surface area contributed by atoms with Crippen molar-refractivity contribution in [3.05, 3.63) is 91.5 Å². The van der Waals surface area contributed by atoms with E-state index >= 15 is 0 Å². The van der Waals surface area contributed by atoms with E-state index in [-0.39, 0.29) is 11.7 Å². The first-order valence-electron chi connectivity index (χ1n) is 12.5. The van der Waals surface area contributed by atoms with Crippen molar-refractivity contribution in [2.75, 3.05) is 38.1 Å². The fraction of sp³-hybridized carbons (Fsp3) is 0.333. The van der Waals surface area contributed by atoms with Gasteiger partial charge in [-0.3, -0.25) is 4.90 Å². The fourth-order valence-corrected chi connectivity index (χ4v) is 4.31. The second-order valence-corrected chi connectivity index (χ2v) is 9.01. The first-order chi connectivity index (χ1) is 18.2. The molecule has 1 aromatic carbocycles. The van der Waals surface area contributed by atoms with Crippen molar-refractivity contribution >= 4 is 17.5 Å². The molecule has 2 N–H and O–H groups in total. The predicted octanol–water partition coefficient (Wildman–Crippen LogP) is 5.90. The van der Waals surface area contributed by atoms with Gasteiger partial charge in [-0.05, 0) is 49.1 Å². The highest BCUT2D eigenvalue weighted by Crippen LogP contribution is 2.28. The third kappa shape index (κ3) is 8.63. The predicted molar refractivity (Wildman–Crippen MR) is 149 cm³/mol. The van der Waals surface area contributed by atoms with E-state index in [9.17, 15) is 13.2 Å². The average Bonchev–Trinajstić information content (AvgIpc) is 3.23. The molecule has 1 saturated heterocycles. The Morgan fingerprint density at radius 3 is 2.47 bits per heavy atom. The van der Waals surface area contributed by atoms with Crippen molar-refractivity contribution in [3.8, 4) is 11.8 Å². The largest absolute Gasteiger partial charge is 0.493 e. The van der Waals surface area contributed by atoms with Crippen molar-refractivity contribution in [2.24, 2.45) is 0 Å². The summed E-state index contributed by atoms with van der Waals surface area (Å²) in [5.74, 6) is 6.39. The van der Waals surface area contributed by atoms with Crippen molar-refractivity contribution in [2.45, 2.75) is 31.6 Å². The lowest BCUT2D eigenvalue weighted by atomic mass is 10.0. The van der Waals surface area contributed by atoms with E-state index in [0.717, 1.165) is 42.7 Å². The van der Waals surface area contributed by atoms with E-state index in [0.29, 0.717) is 35.9 Å². The van der Waals surface area contributed by atoms with Crippen LogP contribution in [0.2, 0.25) is 0 Å². The molecule has 1 aliphatic rings. The van der Waals surface area contributed by atoms with Gasteiger partial charge in [0.2, 0.25) is 0 Å². The van der Waals surface area contributed by atoms with Crippen LogP contribution in [0, 0.1) is 11.8 Å². The molecule has 8 heteroatoms. The van der Waals surface area contributed by atoms with Gasteiger partial charge in [0.1, 0.15) is 18.9 Å². The minimum atomic E-state index is -4.41. The van der Waals surface area contributed by atoms with Crippen molar-refractivity contribution in [1.29, 1.82) is 0 Å². The number of anilines is 1. The lowest BCUT2D eigenvalue weighted by molar-refractivity contribution is -0.140. The van der Waals surface area contributed by atoms with E-state index in [1.165, 1.54) is 6.08 Å². The topological polar surface area (TPSA) is 41.5 Å². The van der Waals surface area contributed by atoms with Crippen molar-refractivity contribution in [1.82, 2.24) is 14.8 Å². The van der Waals surface area contributed by atoms with Crippen molar-refractivity contribution < 1.29 is 17.9 Å². The van der Waals surface area contributed by atoms with Crippen LogP contribution in [0.1, 0.15) is 29.8 Å². The van der Waals surface area contributed by atoms with E-state index < -0.39 is 12.7 Å². The zero-order chi connectivity index (χ0) is 27.5. The highest BCUT2D eigenvalue weighted by atomic mass is 19.4. The minimum Gasteiger partial charge on any atom is -0.493 e. The number of nitrogens with one attached hydrogen (secondary N) is 2. The van der Waals surface area contributed by atoms with Crippen LogP contribution in [0.3, 0.4) is 0 Å². The number of piperidine rings is 1. The molecule has 1 aliphatic heterocycles. The zero-order valence-electron chi connectivity index (χ0n) is 21.6. The summed E-state index contributed by atoms with van der Waals surface area (Å²) in [6.07, 6.45) is 0.370. The Morgan fingerprint density at radius 2 is 1.84 bits per heavy atom. The van der Waals surface area contributed by atoms with Crippen LogP contribution in [0.4, 0.5) is 18.9 Å². The second-order valence-electron chi connectivity index (χ2n) is 9.01. The molecule has 0 saturated carbocycles. The molecular formula is C30H35F3N4O. The number of benzene rings is 1. The van der Waals surface area contributed by atoms with Gasteiger partial charge in [0.25, 0.3) is 0 Å². The van der Waals surface area contributed by atoms with Gasteiger partial charge in [-0.15, -0.1) is 0 Å². The summed E-state index contributed by atoms with van der Waals surface area (Å²) in [6.45, 7) is 17.5. The zero-order valence-corrected chi connectivity index (χ0v) is 21.6. The Bertz CT molecular complexity index is 1180. The smallest absolute Gasteiger partial charge is 0.406 e. The van der Waals surface area contributed by atoms with Crippen LogP contribution in [0.15, 0.2) is 74.5 Å². The maximum atomic E-state index is 13.4. The number of alkyl halides is 3. The molecule has 5 nitrogen and oxygen atoms in total. The molecule has 2 heterocycles. The molecule has 0 unspecified atom stereocenters. The normalized spacial score (nSPS) is 14.2. The summed E-state index contributed by atoms with van der Waals surface area (Å²) in [6, 6.07) is 11.3. The molecule has 2 aromatic rings. The van der Waals surface area contributed by atoms with Gasteiger partial charge in [0.15, 0.2) is 0 Å². The Labute approximate surface area is 223 Å². The third-order valence-electron chi connectivity index (χ3n) is 6.25. The minimum absolute atomic E-state index is 0.163. The van der Waals surface area contributed by atoms with Gasteiger partial charge < -0.3 is 19.9 Å². The van der Waals surface area contributed by atoms with Gasteiger partial charge >= 0.3 is 6.18 Å². The lowest BCUT2D eigenvalue weighted by Gasteiger charge is -2.33. The number of para-hydroxylation sites is 1. The molecular weight excluding hydrogens is 489 g/mol. The monoisotopic (exact) mass is 524 g/mol. The van der Waals surface area contributed by atoms with Gasteiger partial charge in [-0.2, -0.15) is 13.2 Å². The molecule has 202 valence electrons. The second kappa shape index (κ2) is 13.6. The van der Waals surface area contributed by atoms with E-state index in [4.69, 9.17) is 4.74 Å². The highest BCUT2D eigenvalue weighted by molar-refractivity contribution is 5.72. The highest BCUT2D eigenvalue weighted by Gasteiger charge is 2.31. The third-order valence-corrected chi connectivity index (χ3v) is 6.25. The van der Waals surface area contributed by atoms with Crippen molar-refractivity contribution in [3.63, 3.8) is 0 Å². The Morgan fingerprint density at radius 1 is 1.13 bits per heavy atom. The quantitative estimate of drug-likeness (QED) is 0.206. The summed E-state index contributed by atoms with van der Waals surface area (Å²) in [7, 11) is 0. The van der Waals surface area contributed by atoms with Crippen LogP contribution in [0.5, 0.6) is 0 Å². The number of ether oxygens (including phenoxy) is 1. The molecule has 0 amide bonds. The maximum absolute atomic E-state index is 13.4. The summed E-state index contributed by atoms with van der Waals surface area (Å²) in [5, 5.41) is 6.57. The fourth-order valence-electron chi connectivity index (χ4n) is 4.31. The molecule has 0 aliphatic carbocycles. The van der Waals surface area contributed by atoms with Gasteiger partial charge in [-0.1, -0.05) is 50.4 Å². The number of allylic oxidation sites excluding steroid dienone is 1. The molecule has 3 rings (SSSR count). The summed E-state index contributed by atoms with van der Waals surface area (Å²) < 4.78 is 47.0. The number of halogens is 3. The molecule has 0 bridgehead atoms. The molecule has 1 aromatic heterocycles.